The third-order valence-electron chi connectivity index (χ3n) is 7.08. The summed E-state index contributed by atoms with van der Waals surface area (Å²) < 4.78 is 0. The first-order valence-electron chi connectivity index (χ1n) is 12.8. The van der Waals surface area contributed by atoms with Crippen molar-refractivity contribution in [2.45, 2.75) is 13.8 Å². The summed E-state index contributed by atoms with van der Waals surface area (Å²) in [5.41, 5.74) is 14.6. The van der Waals surface area contributed by atoms with Gasteiger partial charge in [-0.3, -0.25) is 0 Å². The summed E-state index contributed by atoms with van der Waals surface area (Å²) in [7, 11) is 0. The predicted octanol–water partition coefficient (Wildman–Crippen LogP) is 8.60. The van der Waals surface area contributed by atoms with Crippen molar-refractivity contribution in [2.75, 3.05) is 0 Å². The Morgan fingerprint density at radius 3 is 1.31 bits per heavy atom. The van der Waals surface area contributed by atoms with Crippen LogP contribution < -0.4 is 0 Å². The molecule has 2 aliphatic heterocycles. The molecule has 5 heteroatoms. The van der Waals surface area contributed by atoms with Crippen LogP contribution in [0.2, 0.25) is 0 Å². The van der Waals surface area contributed by atoms with Gasteiger partial charge in [0.1, 0.15) is 0 Å². The Balaban J connectivity index is 0.00000277. The molecule has 2 N–H and O–H groups in total. The molecule has 1 radical (unpaired) electrons. The van der Waals surface area contributed by atoms with Gasteiger partial charge in [0.05, 0.1) is 22.8 Å². The SMILES string of the molecule is Cc1ccc(-c2c3nc(cc4ccc([nH]4)c(-c4ccc(C)cc4)c4nc(cc5ccc2[nH]5)C=C4)C=C3)cc1.[Mn+2]. The smallest absolute Gasteiger partial charge is 0.355 e. The summed E-state index contributed by atoms with van der Waals surface area (Å²) in [6.07, 6.45) is 8.35. The van der Waals surface area contributed by atoms with Crippen LogP contribution in [0.4, 0.5) is 0 Å². The molecule has 0 spiro atoms. The molecule has 0 saturated carbocycles. The third kappa shape index (κ3) is 4.79. The molecule has 0 aliphatic carbocycles. The van der Waals surface area contributed by atoms with E-state index in [1.54, 1.807) is 0 Å². The van der Waals surface area contributed by atoms with Crippen molar-refractivity contribution >= 4 is 46.4 Å². The summed E-state index contributed by atoms with van der Waals surface area (Å²) in [6, 6.07) is 29.9. The van der Waals surface area contributed by atoms with Gasteiger partial charge in [0.2, 0.25) is 0 Å². The predicted molar refractivity (Wildman–Crippen MR) is 159 cm³/mol. The van der Waals surface area contributed by atoms with E-state index in [1.807, 2.05) is 0 Å². The van der Waals surface area contributed by atoms with Crippen molar-refractivity contribution in [1.29, 1.82) is 0 Å². The Bertz CT molecular complexity index is 1780. The monoisotopic (exact) mass is 545 g/mol. The number of aromatic nitrogens is 4. The number of rotatable bonds is 2. The van der Waals surface area contributed by atoms with E-state index in [-0.39, 0.29) is 17.1 Å². The molecule has 5 heterocycles. The van der Waals surface area contributed by atoms with Crippen molar-refractivity contribution < 1.29 is 17.1 Å². The summed E-state index contributed by atoms with van der Waals surface area (Å²) in [6.45, 7) is 4.22. The maximum atomic E-state index is 5.02. The Morgan fingerprint density at radius 1 is 0.487 bits per heavy atom. The number of aryl methyl sites for hydroxylation is 2. The van der Waals surface area contributed by atoms with Gasteiger partial charge in [-0.05, 0) is 85.7 Å². The minimum absolute atomic E-state index is 0. The molecule has 187 valence electrons. The van der Waals surface area contributed by atoms with Crippen molar-refractivity contribution in [2.24, 2.45) is 0 Å². The minimum Gasteiger partial charge on any atom is -0.355 e. The second kappa shape index (κ2) is 10.0. The summed E-state index contributed by atoms with van der Waals surface area (Å²) in [5.74, 6) is 0. The number of nitrogens with zero attached hydrogens (tertiary/aromatic N) is 2. The first-order chi connectivity index (χ1) is 18.6. The Kier molecular flexibility index (Phi) is 6.40. The van der Waals surface area contributed by atoms with Gasteiger partial charge >= 0.3 is 17.1 Å². The summed E-state index contributed by atoms with van der Waals surface area (Å²) >= 11 is 0. The van der Waals surface area contributed by atoms with Crippen LogP contribution in [0.5, 0.6) is 0 Å². The van der Waals surface area contributed by atoms with E-state index >= 15 is 0 Å². The zero-order chi connectivity index (χ0) is 25.6. The molecule has 0 atom stereocenters. The van der Waals surface area contributed by atoms with E-state index < -0.39 is 0 Å². The number of H-pyrrole nitrogens is 2. The summed E-state index contributed by atoms with van der Waals surface area (Å²) in [4.78, 5) is 17.3. The van der Waals surface area contributed by atoms with Gasteiger partial charge in [-0.2, -0.15) is 0 Å². The fourth-order valence-corrected chi connectivity index (χ4v) is 5.12. The molecule has 39 heavy (non-hydrogen) atoms. The van der Waals surface area contributed by atoms with Crippen LogP contribution in [0, 0.1) is 13.8 Å². The zero-order valence-electron chi connectivity index (χ0n) is 21.7. The van der Waals surface area contributed by atoms with Crippen LogP contribution in [0.3, 0.4) is 0 Å². The topological polar surface area (TPSA) is 57.4 Å². The van der Waals surface area contributed by atoms with Gasteiger partial charge in [0.15, 0.2) is 0 Å². The Morgan fingerprint density at radius 2 is 0.897 bits per heavy atom. The van der Waals surface area contributed by atoms with Crippen LogP contribution in [-0.2, 0) is 17.1 Å². The molecule has 2 aliphatic rings. The van der Waals surface area contributed by atoms with Crippen LogP contribution in [0.1, 0.15) is 33.9 Å². The molecule has 5 aromatic rings. The Hall–Kier alpha value is -4.44. The number of hydrogen-bond donors (Lipinski definition) is 2. The average Bonchev–Trinajstić information content (AvgIpc) is 3.72. The molecule has 0 unspecified atom stereocenters. The van der Waals surface area contributed by atoms with Crippen LogP contribution in [0.15, 0.2) is 84.9 Å². The molecule has 2 aromatic carbocycles. The second-order valence-electron chi connectivity index (χ2n) is 9.94. The van der Waals surface area contributed by atoms with Crippen molar-refractivity contribution in [3.05, 3.63) is 119 Å². The van der Waals surface area contributed by atoms with E-state index in [4.69, 9.17) is 9.97 Å². The van der Waals surface area contributed by atoms with Gasteiger partial charge in [-0.25, -0.2) is 9.97 Å². The molecular formula is C34H26MnN4+2. The molecule has 0 amide bonds. The normalized spacial score (nSPS) is 11.9. The summed E-state index contributed by atoms with van der Waals surface area (Å²) in [5, 5.41) is 0. The number of benzene rings is 2. The molecule has 0 fully saturated rings. The molecule has 7 rings (SSSR count). The standard InChI is InChI=1S/C34H26N4.Mn/c1-21-3-7-23(8-4-21)33-29-15-11-25(35-29)19-27-13-17-31(37-27)34(24-9-5-22(2)6-10-24)32-18-14-28(38-32)20-26-12-16-30(33)36-26;/h3-20,35,38H,1-2H3;/q;+2. The zero-order valence-corrected chi connectivity index (χ0v) is 22.8. The minimum atomic E-state index is 0. The van der Waals surface area contributed by atoms with Gasteiger partial charge in [-0.15, -0.1) is 0 Å². The molecule has 8 bridgehead atoms. The number of hydrogen-bond acceptors (Lipinski definition) is 2. The largest absolute Gasteiger partial charge is 2.00 e. The Labute approximate surface area is 237 Å². The number of aromatic amines is 2. The second-order valence-corrected chi connectivity index (χ2v) is 9.94. The van der Waals surface area contributed by atoms with Crippen LogP contribution >= 0.6 is 0 Å². The molecule has 4 nitrogen and oxygen atoms in total. The van der Waals surface area contributed by atoms with E-state index in [2.05, 4.69) is 133 Å². The van der Waals surface area contributed by atoms with Crippen molar-refractivity contribution in [3.63, 3.8) is 0 Å². The van der Waals surface area contributed by atoms with Gasteiger partial charge < -0.3 is 9.97 Å². The fourth-order valence-electron chi connectivity index (χ4n) is 5.12. The number of fused-ring (bicyclic) bond motifs is 8. The van der Waals surface area contributed by atoms with Gasteiger partial charge in [0.25, 0.3) is 0 Å². The quantitative estimate of drug-likeness (QED) is 0.214. The maximum absolute atomic E-state index is 5.02. The van der Waals surface area contributed by atoms with E-state index in [0.29, 0.717) is 0 Å². The first-order valence-corrected chi connectivity index (χ1v) is 12.8. The fraction of sp³-hybridized carbons (Fsp3) is 0.0588. The average molecular weight is 546 g/mol. The van der Waals surface area contributed by atoms with Crippen molar-refractivity contribution in [1.82, 2.24) is 19.9 Å². The van der Waals surface area contributed by atoms with E-state index in [1.165, 1.54) is 11.1 Å². The van der Waals surface area contributed by atoms with Gasteiger partial charge in [0, 0.05) is 33.2 Å². The van der Waals surface area contributed by atoms with Crippen molar-refractivity contribution in [3.8, 4) is 22.3 Å². The molecule has 3 aromatic heterocycles. The first kappa shape index (κ1) is 24.9. The molecular weight excluding hydrogens is 519 g/mol. The number of nitrogens with one attached hydrogen (secondary N) is 2. The molecule has 0 saturated heterocycles. The van der Waals surface area contributed by atoms with Crippen LogP contribution in [-0.4, -0.2) is 19.9 Å². The maximum Gasteiger partial charge on any atom is 2.00 e. The van der Waals surface area contributed by atoms with E-state index in [9.17, 15) is 0 Å². The van der Waals surface area contributed by atoms with Gasteiger partial charge in [-0.1, -0.05) is 59.7 Å². The third-order valence-corrected chi connectivity index (χ3v) is 7.08. The van der Waals surface area contributed by atoms with Crippen LogP contribution in [0.25, 0.3) is 68.6 Å². The van der Waals surface area contributed by atoms with E-state index in [0.717, 1.165) is 67.1 Å².